The van der Waals surface area contributed by atoms with Crippen LogP contribution in [0.25, 0.3) is 11.0 Å². The van der Waals surface area contributed by atoms with Gasteiger partial charge >= 0.3 is 0 Å². The van der Waals surface area contributed by atoms with Crippen LogP contribution in [-0.2, 0) is 39.2 Å². The zero-order valence-electron chi connectivity index (χ0n) is 36.0. The van der Waals surface area contributed by atoms with Gasteiger partial charge in [0, 0.05) is 75.4 Å². The molecule has 17 heteroatoms. The second-order valence-corrected chi connectivity index (χ2v) is 17.5. The molecule has 5 aromatic rings. The van der Waals surface area contributed by atoms with Gasteiger partial charge in [-0.2, -0.15) is 10.1 Å². The van der Waals surface area contributed by atoms with E-state index in [0.717, 1.165) is 50.5 Å². The first-order chi connectivity index (χ1) is 30.9. The fraction of sp³-hybridized carbons (Fsp3) is 0.383. The molecule has 7 heterocycles. The summed E-state index contributed by atoms with van der Waals surface area (Å²) in [5, 5.41) is 14.6. The summed E-state index contributed by atoms with van der Waals surface area (Å²) in [7, 11) is 1.86. The number of hydrogen-bond acceptors (Lipinski definition) is 12. The molecule has 17 nitrogen and oxygen atoms in total. The van der Waals surface area contributed by atoms with Crippen LogP contribution in [0, 0.1) is 19.8 Å². The van der Waals surface area contributed by atoms with E-state index in [2.05, 4.69) is 57.9 Å². The highest BCUT2D eigenvalue weighted by molar-refractivity contribution is 6.23. The summed E-state index contributed by atoms with van der Waals surface area (Å²) in [6.45, 7) is 6.81. The largest absolute Gasteiger partial charge is 0.371 e. The number of benzene rings is 3. The second kappa shape index (κ2) is 16.2. The Kier molecular flexibility index (Phi) is 10.3. The molecule has 2 aromatic heterocycles. The first kappa shape index (κ1) is 40.9. The van der Waals surface area contributed by atoms with Crippen LogP contribution in [0.5, 0.6) is 0 Å². The van der Waals surface area contributed by atoms with Crippen molar-refractivity contribution >= 4 is 75.3 Å². The highest BCUT2D eigenvalue weighted by atomic mass is 16.2. The number of aromatic nitrogens is 4. The van der Waals surface area contributed by atoms with Crippen molar-refractivity contribution in [3.8, 4) is 0 Å². The summed E-state index contributed by atoms with van der Waals surface area (Å²) in [4.78, 5) is 95.3. The molecule has 0 bridgehead atoms. The Morgan fingerprint density at radius 2 is 1.58 bits per heavy atom. The molecule has 2 atom stereocenters. The van der Waals surface area contributed by atoms with Crippen LogP contribution >= 0.6 is 0 Å². The standard InChI is InChI=1S/C47H49N11O6/c1-26-6-4-7-27(2)39(26)51-40-35-24-48-47(52-41(35)54(3)53-40)49-31-10-9-28-15-21-56(25-30(28)22-31)46(64)37-8-5-18-57(37)43(61)29-16-19-55(20-17-29)32-11-12-33-34(23-32)45(63)58(44(33)62)36-13-14-38(59)50-42(36)60/h4,6-7,9-12,22-24,29,36-37H,5,8,13-21,25H2,1-3H3,(H,51,53)(H,48,49,52)(H,50,59,60). The van der Waals surface area contributed by atoms with Gasteiger partial charge in [-0.05, 0) is 105 Å². The van der Waals surface area contributed by atoms with Crippen molar-refractivity contribution < 1.29 is 28.8 Å². The predicted molar refractivity (Wildman–Crippen MR) is 237 cm³/mol. The van der Waals surface area contributed by atoms with Gasteiger partial charge in [-0.15, -0.1) is 0 Å². The van der Waals surface area contributed by atoms with Crippen molar-refractivity contribution in [1.82, 2.24) is 39.8 Å². The minimum Gasteiger partial charge on any atom is -0.371 e. The third kappa shape index (κ3) is 7.27. The molecule has 2 unspecified atom stereocenters. The van der Waals surface area contributed by atoms with Crippen LogP contribution in [0.4, 0.5) is 28.8 Å². The summed E-state index contributed by atoms with van der Waals surface area (Å²) < 4.78 is 1.74. The van der Waals surface area contributed by atoms with Crippen molar-refractivity contribution in [1.29, 1.82) is 0 Å². The number of aryl methyl sites for hydroxylation is 3. The number of hydrogen-bond donors (Lipinski definition) is 3. The molecule has 5 aliphatic rings. The Morgan fingerprint density at radius 3 is 2.36 bits per heavy atom. The molecule has 3 fully saturated rings. The summed E-state index contributed by atoms with van der Waals surface area (Å²) in [5.41, 5.74) is 8.16. The topological polar surface area (TPSA) is 195 Å². The van der Waals surface area contributed by atoms with Crippen LogP contribution in [0.3, 0.4) is 0 Å². The zero-order valence-corrected chi connectivity index (χ0v) is 36.0. The molecule has 0 radical (unpaired) electrons. The number of para-hydroxylation sites is 1. The lowest BCUT2D eigenvalue weighted by atomic mass is 9.94. The van der Waals surface area contributed by atoms with E-state index in [4.69, 9.17) is 10.1 Å². The minimum absolute atomic E-state index is 0.00703. The lowest BCUT2D eigenvalue weighted by Gasteiger charge is -2.37. The second-order valence-electron chi connectivity index (χ2n) is 17.5. The summed E-state index contributed by atoms with van der Waals surface area (Å²) in [6, 6.07) is 15.9. The number of rotatable bonds is 8. The molecule has 3 N–H and O–H groups in total. The molecular weight excluding hydrogens is 815 g/mol. The Bertz CT molecular complexity index is 2770. The normalized spacial score (nSPS) is 20.2. The van der Waals surface area contributed by atoms with Gasteiger partial charge in [-0.1, -0.05) is 24.3 Å². The quantitative estimate of drug-likeness (QED) is 0.183. The number of likely N-dealkylation sites (tertiary alicyclic amines) is 1. The smallest absolute Gasteiger partial charge is 0.262 e. The van der Waals surface area contributed by atoms with Gasteiger partial charge in [-0.25, -0.2) is 9.67 Å². The molecule has 328 valence electrons. The van der Waals surface area contributed by atoms with E-state index < -0.39 is 35.7 Å². The highest BCUT2D eigenvalue weighted by Gasteiger charge is 2.45. The zero-order chi connectivity index (χ0) is 44.4. The Balaban J connectivity index is 0.761. The maximum atomic E-state index is 14.2. The van der Waals surface area contributed by atoms with Crippen LogP contribution in [0.2, 0.25) is 0 Å². The van der Waals surface area contributed by atoms with E-state index in [-0.39, 0.29) is 41.7 Å². The molecule has 64 heavy (non-hydrogen) atoms. The van der Waals surface area contributed by atoms with E-state index in [0.29, 0.717) is 75.8 Å². The number of amides is 6. The third-order valence-electron chi connectivity index (χ3n) is 13.5. The van der Waals surface area contributed by atoms with Crippen LogP contribution in [0.1, 0.15) is 81.5 Å². The molecular formula is C47H49N11O6. The van der Waals surface area contributed by atoms with Gasteiger partial charge in [0.2, 0.25) is 29.6 Å². The Hall–Kier alpha value is -7.17. The van der Waals surface area contributed by atoms with Gasteiger partial charge in [0.25, 0.3) is 11.8 Å². The molecule has 3 saturated heterocycles. The molecule has 10 rings (SSSR count). The van der Waals surface area contributed by atoms with Gasteiger partial charge in [0.05, 0.1) is 16.5 Å². The number of fused-ring (bicyclic) bond motifs is 3. The van der Waals surface area contributed by atoms with Gasteiger partial charge in [-0.3, -0.25) is 39.0 Å². The SMILES string of the molecule is Cc1cccc(C)c1Nc1nn(C)c2nc(Nc3ccc4c(c3)CN(C(=O)C3CCCN3C(=O)C3CCN(c5ccc6c(c5)C(=O)N(C5CCC(=O)NC5=O)C6=O)CC3)CC4)ncc12. The summed E-state index contributed by atoms with van der Waals surface area (Å²) in [6.07, 6.45) is 5.19. The van der Waals surface area contributed by atoms with E-state index >= 15 is 0 Å². The third-order valence-corrected chi connectivity index (χ3v) is 13.5. The van der Waals surface area contributed by atoms with Crippen molar-refractivity contribution in [2.24, 2.45) is 13.0 Å². The summed E-state index contributed by atoms with van der Waals surface area (Å²) in [5.74, 6) is -1.30. The number of carbonyl (C=O) groups is 6. The molecule has 0 spiro atoms. The number of piperidine rings is 2. The van der Waals surface area contributed by atoms with E-state index in [1.54, 1.807) is 34.0 Å². The van der Waals surface area contributed by atoms with Crippen LogP contribution < -0.4 is 20.9 Å². The fourth-order valence-electron chi connectivity index (χ4n) is 10.0. The van der Waals surface area contributed by atoms with Crippen LogP contribution in [0.15, 0.2) is 60.8 Å². The van der Waals surface area contributed by atoms with Crippen LogP contribution in [-0.4, -0.2) is 108 Å². The first-order valence-electron chi connectivity index (χ1n) is 22.0. The number of imide groups is 2. The molecule has 0 saturated carbocycles. The highest BCUT2D eigenvalue weighted by Crippen LogP contribution is 2.35. The molecule has 0 aliphatic carbocycles. The maximum absolute atomic E-state index is 14.2. The van der Waals surface area contributed by atoms with Gasteiger partial charge < -0.3 is 25.3 Å². The average molecular weight is 864 g/mol. The van der Waals surface area contributed by atoms with Gasteiger partial charge in [0.1, 0.15) is 12.1 Å². The maximum Gasteiger partial charge on any atom is 0.262 e. The predicted octanol–water partition coefficient (Wildman–Crippen LogP) is 4.66. The van der Waals surface area contributed by atoms with E-state index in [1.165, 1.54) is 5.56 Å². The molecule has 5 aliphatic heterocycles. The van der Waals surface area contributed by atoms with E-state index in [9.17, 15) is 28.8 Å². The van der Waals surface area contributed by atoms with Gasteiger partial charge in [0.15, 0.2) is 11.5 Å². The Morgan fingerprint density at radius 1 is 0.797 bits per heavy atom. The summed E-state index contributed by atoms with van der Waals surface area (Å²) >= 11 is 0. The van der Waals surface area contributed by atoms with E-state index in [1.807, 2.05) is 30.1 Å². The van der Waals surface area contributed by atoms with Crippen molar-refractivity contribution in [3.63, 3.8) is 0 Å². The number of nitrogens with one attached hydrogen (secondary N) is 3. The Labute approximate surface area is 369 Å². The fourth-order valence-corrected chi connectivity index (χ4v) is 10.0. The average Bonchev–Trinajstić information content (AvgIpc) is 3.98. The lowest BCUT2D eigenvalue weighted by molar-refractivity contribution is -0.147. The monoisotopic (exact) mass is 863 g/mol. The minimum atomic E-state index is -1.03. The van der Waals surface area contributed by atoms with Crippen molar-refractivity contribution in [2.75, 3.05) is 41.7 Å². The first-order valence-corrected chi connectivity index (χ1v) is 22.0. The lowest BCUT2D eigenvalue weighted by Crippen LogP contribution is -2.54. The molecule has 6 amide bonds. The van der Waals surface area contributed by atoms with Crippen molar-refractivity contribution in [2.45, 2.75) is 77.4 Å². The number of nitrogens with zero attached hydrogens (tertiary/aromatic N) is 8. The number of anilines is 5. The number of carbonyl (C=O) groups excluding carboxylic acids is 6. The van der Waals surface area contributed by atoms with Crippen molar-refractivity contribution in [3.05, 3.63) is 94.2 Å². The molecule has 3 aromatic carbocycles.